The monoisotopic (exact) mass is 199 g/mol. The summed E-state index contributed by atoms with van der Waals surface area (Å²) in [6.45, 7) is 4.77. The highest BCUT2D eigenvalue weighted by molar-refractivity contribution is 7.10. The van der Waals surface area contributed by atoms with E-state index in [1.54, 1.807) is 18.4 Å². The first-order valence-corrected chi connectivity index (χ1v) is 5.34. The Kier molecular flexibility index (Phi) is 3.47. The van der Waals surface area contributed by atoms with Crippen LogP contribution < -0.4 is 5.73 Å². The van der Waals surface area contributed by atoms with E-state index in [0.717, 1.165) is 6.42 Å². The molecule has 1 unspecified atom stereocenters. The van der Waals surface area contributed by atoms with E-state index in [0.29, 0.717) is 6.61 Å². The SMILES string of the molecule is CCC(N)(COC)c1csc(C)c1. The third-order valence-electron chi connectivity index (χ3n) is 2.34. The molecule has 1 atom stereocenters. The van der Waals surface area contributed by atoms with Crippen molar-refractivity contribution in [3.8, 4) is 0 Å². The van der Waals surface area contributed by atoms with Gasteiger partial charge in [-0.3, -0.25) is 0 Å². The molecule has 0 spiro atoms. The van der Waals surface area contributed by atoms with Gasteiger partial charge < -0.3 is 10.5 Å². The van der Waals surface area contributed by atoms with Crippen molar-refractivity contribution in [3.63, 3.8) is 0 Å². The minimum atomic E-state index is -0.306. The Morgan fingerprint density at radius 2 is 2.31 bits per heavy atom. The van der Waals surface area contributed by atoms with Crippen LogP contribution in [0.3, 0.4) is 0 Å². The van der Waals surface area contributed by atoms with Gasteiger partial charge >= 0.3 is 0 Å². The average molecular weight is 199 g/mol. The molecule has 0 bridgehead atoms. The predicted molar refractivity (Wildman–Crippen MR) is 57.1 cm³/mol. The van der Waals surface area contributed by atoms with Gasteiger partial charge in [0.1, 0.15) is 0 Å². The number of thiophene rings is 1. The summed E-state index contributed by atoms with van der Waals surface area (Å²) in [5.74, 6) is 0. The molecule has 2 nitrogen and oxygen atoms in total. The molecule has 1 rings (SSSR count). The Morgan fingerprint density at radius 3 is 2.69 bits per heavy atom. The van der Waals surface area contributed by atoms with Crippen LogP contribution in [0.4, 0.5) is 0 Å². The van der Waals surface area contributed by atoms with Crippen LogP contribution in [0.1, 0.15) is 23.8 Å². The van der Waals surface area contributed by atoms with Crippen LogP contribution in [0.5, 0.6) is 0 Å². The third-order valence-corrected chi connectivity index (χ3v) is 3.20. The summed E-state index contributed by atoms with van der Waals surface area (Å²) in [5.41, 5.74) is 7.11. The first-order valence-electron chi connectivity index (χ1n) is 4.46. The lowest BCUT2D eigenvalue weighted by Crippen LogP contribution is -2.40. The van der Waals surface area contributed by atoms with Crippen molar-refractivity contribution in [3.05, 3.63) is 21.9 Å². The van der Waals surface area contributed by atoms with Gasteiger partial charge in [-0.2, -0.15) is 0 Å². The molecule has 0 aromatic carbocycles. The van der Waals surface area contributed by atoms with Gasteiger partial charge in [-0.05, 0) is 30.4 Å². The van der Waals surface area contributed by atoms with E-state index < -0.39 is 0 Å². The molecule has 0 aliphatic heterocycles. The van der Waals surface area contributed by atoms with Gasteiger partial charge in [-0.25, -0.2) is 0 Å². The Hall–Kier alpha value is -0.380. The van der Waals surface area contributed by atoms with Crippen LogP contribution in [0.2, 0.25) is 0 Å². The first kappa shape index (κ1) is 10.7. The number of methoxy groups -OCH3 is 1. The van der Waals surface area contributed by atoms with Crippen LogP contribution in [0, 0.1) is 6.92 Å². The van der Waals surface area contributed by atoms with Gasteiger partial charge in [0.05, 0.1) is 12.1 Å². The molecule has 0 amide bonds. The molecule has 0 radical (unpaired) electrons. The Morgan fingerprint density at radius 1 is 1.62 bits per heavy atom. The lowest BCUT2D eigenvalue weighted by molar-refractivity contribution is 0.129. The number of hydrogen-bond donors (Lipinski definition) is 1. The Labute approximate surface area is 83.7 Å². The molecule has 74 valence electrons. The highest BCUT2D eigenvalue weighted by Gasteiger charge is 2.25. The molecule has 0 aliphatic rings. The van der Waals surface area contributed by atoms with Crippen molar-refractivity contribution in [2.75, 3.05) is 13.7 Å². The normalized spacial score (nSPS) is 15.7. The molecular weight excluding hydrogens is 182 g/mol. The van der Waals surface area contributed by atoms with Gasteiger partial charge in [0.15, 0.2) is 0 Å². The van der Waals surface area contributed by atoms with Crippen LogP contribution in [0.15, 0.2) is 11.4 Å². The lowest BCUT2D eigenvalue weighted by atomic mass is 9.91. The number of ether oxygens (including phenoxy) is 1. The number of hydrogen-bond acceptors (Lipinski definition) is 3. The minimum Gasteiger partial charge on any atom is -0.382 e. The second-order valence-corrected chi connectivity index (χ2v) is 4.50. The van der Waals surface area contributed by atoms with Gasteiger partial charge in [-0.1, -0.05) is 6.92 Å². The quantitative estimate of drug-likeness (QED) is 0.807. The average Bonchev–Trinajstić information content (AvgIpc) is 2.52. The van der Waals surface area contributed by atoms with E-state index in [4.69, 9.17) is 10.5 Å². The van der Waals surface area contributed by atoms with Crippen LogP contribution in [-0.4, -0.2) is 13.7 Å². The van der Waals surface area contributed by atoms with Crippen molar-refractivity contribution >= 4 is 11.3 Å². The van der Waals surface area contributed by atoms with Crippen molar-refractivity contribution in [2.45, 2.75) is 25.8 Å². The van der Waals surface area contributed by atoms with Crippen molar-refractivity contribution in [2.24, 2.45) is 5.73 Å². The van der Waals surface area contributed by atoms with Crippen molar-refractivity contribution in [1.29, 1.82) is 0 Å². The fourth-order valence-electron chi connectivity index (χ4n) is 1.35. The van der Waals surface area contributed by atoms with Gasteiger partial charge in [0.2, 0.25) is 0 Å². The Bertz CT molecular complexity index is 272. The zero-order chi connectivity index (χ0) is 9.90. The molecule has 2 N–H and O–H groups in total. The van der Waals surface area contributed by atoms with Crippen LogP contribution >= 0.6 is 11.3 Å². The molecule has 0 saturated heterocycles. The molecule has 1 aromatic heterocycles. The molecular formula is C10H17NOS. The first-order chi connectivity index (χ1) is 6.12. The summed E-state index contributed by atoms with van der Waals surface area (Å²) < 4.78 is 5.14. The second kappa shape index (κ2) is 4.22. The zero-order valence-corrected chi connectivity index (χ0v) is 9.28. The van der Waals surface area contributed by atoms with E-state index in [1.165, 1.54) is 10.4 Å². The van der Waals surface area contributed by atoms with E-state index in [1.807, 2.05) is 0 Å². The molecule has 0 aliphatic carbocycles. The van der Waals surface area contributed by atoms with Crippen molar-refractivity contribution < 1.29 is 4.74 Å². The van der Waals surface area contributed by atoms with Gasteiger partial charge in [-0.15, -0.1) is 11.3 Å². The fourth-order valence-corrected chi connectivity index (χ4v) is 2.16. The summed E-state index contributed by atoms with van der Waals surface area (Å²) in [6, 6.07) is 2.15. The zero-order valence-electron chi connectivity index (χ0n) is 8.46. The number of nitrogens with two attached hydrogens (primary N) is 1. The summed E-state index contributed by atoms with van der Waals surface area (Å²) in [5, 5.41) is 2.12. The van der Waals surface area contributed by atoms with Crippen molar-refractivity contribution in [1.82, 2.24) is 0 Å². The second-order valence-electron chi connectivity index (χ2n) is 3.39. The maximum atomic E-state index is 6.22. The maximum absolute atomic E-state index is 6.22. The summed E-state index contributed by atoms with van der Waals surface area (Å²) in [4.78, 5) is 1.30. The molecule has 0 fully saturated rings. The topological polar surface area (TPSA) is 35.2 Å². The van der Waals surface area contributed by atoms with Crippen LogP contribution in [-0.2, 0) is 10.3 Å². The van der Waals surface area contributed by atoms with E-state index in [2.05, 4.69) is 25.3 Å². The fraction of sp³-hybridized carbons (Fsp3) is 0.600. The molecule has 13 heavy (non-hydrogen) atoms. The number of rotatable bonds is 4. The third kappa shape index (κ3) is 2.30. The highest BCUT2D eigenvalue weighted by Crippen LogP contribution is 2.26. The number of aryl methyl sites for hydroxylation is 1. The van der Waals surface area contributed by atoms with Gasteiger partial charge in [0, 0.05) is 12.0 Å². The summed E-state index contributed by atoms with van der Waals surface area (Å²) in [7, 11) is 1.69. The van der Waals surface area contributed by atoms with Crippen LogP contribution in [0.25, 0.3) is 0 Å². The highest BCUT2D eigenvalue weighted by atomic mass is 32.1. The van der Waals surface area contributed by atoms with E-state index in [-0.39, 0.29) is 5.54 Å². The summed E-state index contributed by atoms with van der Waals surface area (Å²) in [6.07, 6.45) is 0.900. The smallest absolute Gasteiger partial charge is 0.0684 e. The summed E-state index contributed by atoms with van der Waals surface area (Å²) >= 11 is 1.74. The molecule has 1 aromatic rings. The Balaban J connectivity index is 2.88. The molecule has 1 heterocycles. The molecule has 0 saturated carbocycles. The lowest BCUT2D eigenvalue weighted by Gasteiger charge is -2.26. The minimum absolute atomic E-state index is 0.306. The van der Waals surface area contributed by atoms with Gasteiger partial charge in [0.25, 0.3) is 0 Å². The standard InChI is InChI=1S/C10H17NOS/c1-4-10(11,7-12-3)9-5-8(2)13-6-9/h5-6H,4,7,11H2,1-3H3. The van der Waals surface area contributed by atoms with E-state index >= 15 is 0 Å². The van der Waals surface area contributed by atoms with E-state index in [9.17, 15) is 0 Å². The predicted octanol–water partition coefficient (Wildman–Crippen LogP) is 2.27. The molecule has 3 heteroatoms. The largest absolute Gasteiger partial charge is 0.382 e. The maximum Gasteiger partial charge on any atom is 0.0684 e.